The van der Waals surface area contributed by atoms with Gasteiger partial charge in [-0.3, -0.25) is 0 Å². The van der Waals surface area contributed by atoms with Crippen LogP contribution in [0.15, 0.2) is 10.8 Å². The van der Waals surface area contributed by atoms with Crippen molar-refractivity contribution in [2.75, 3.05) is 11.1 Å². The molecule has 0 saturated carbocycles. The van der Waals surface area contributed by atoms with E-state index in [2.05, 4.69) is 42.7 Å². The smallest absolute Gasteiger partial charge is 0.0372 e. The van der Waals surface area contributed by atoms with Gasteiger partial charge in [0.15, 0.2) is 0 Å². The highest BCUT2D eigenvalue weighted by atomic mass is 79.9. The summed E-state index contributed by atoms with van der Waals surface area (Å²) in [5, 5.41) is 6.11. The quantitative estimate of drug-likeness (QED) is 0.717. The summed E-state index contributed by atoms with van der Waals surface area (Å²) in [6, 6.07) is 0. The number of hydrogen-bond acceptors (Lipinski definition) is 2. The normalized spacial score (nSPS) is 28.4. The second-order valence-electron chi connectivity index (χ2n) is 1.95. The molecule has 0 radical (unpaired) electrons. The van der Waals surface area contributed by atoms with Crippen LogP contribution in [0.2, 0.25) is 0 Å². The van der Waals surface area contributed by atoms with Crippen LogP contribution in [0, 0.1) is 0 Å². The van der Waals surface area contributed by atoms with Crippen molar-refractivity contribution in [1.82, 2.24) is 0 Å². The Hall–Kier alpha value is 1.40. The summed E-state index contributed by atoms with van der Waals surface area (Å²) in [7, 11) is 0. The van der Waals surface area contributed by atoms with Gasteiger partial charge >= 0.3 is 0 Å². The third-order valence-corrected chi connectivity index (χ3v) is 6.50. The maximum Gasteiger partial charge on any atom is 0.0372 e. The molecule has 2 unspecified atom stereocenters. The minimum absolute atomic E-state index is 0.606. The minimum atomic E-state index is 0.606. The summed E-state index contributed by atoms with van der Waals surface area (Å²) in [5.41, 5.74) is 0. The van der Waals surface area contributed by atoms with Crippen LogP contribution in [0.3, 0.4) is 0 Å². The highest BCUT2D eigenvalue weighted by Crippen LogP contribution is 2.31. The molecule has 10 heavy (non-hydrogen) atoms. The van der Waals surface area contributed by atoms with Crippen LogP contribution in [0.1, 0.15) is 0 Å². The molecule has 2 atom stereocenters. The van der Waals surface area contributed by atoms with Gasteiger partial charge in [0, 0.05) is 21.2 Å². The third kappa shape index (κ3) is 2.80. The van der Waals surface area contributed by atoms with Gasteiger partial charge < -0.3 is 0 Å². The standard InChI is InChI=1S/C6H8Br2S2/c7-3-5(8)6-4-9-1-2-10-6/h1-2,5-6H,3-4H2. The maximum absolute atomic E-state index is 3.62. The average Bonchev–Trinajstić information content (AvgIpc) is 2.05. The van der Waals surface area contributed by atoms with Gasteiger partial charge in [0.2, 0.25) is 0 Å². The van der Waals surface area contributed by atoms with Gasteiger partial charge in [-0.25, -0.2) is 0 Å². The van der Waals surface area contributed by atoms with Crippen molar-refractivity contribution in [2.24, 2.45) is 0 Å². The molecule has 0 N–H and O–H groups in total. The molecule has 0 saturated heterocycles. The molecule has 1 heterocycles. The van der Waals surface area contributed by atoms with Gasteiger partial charge in [0.25, 0.3) is 0 Å². The second kappa shape index (κ2) is 5.12. The van der Waals surface area contributed by atoms with Crippen molar-refractivity contribution in [3.8, 4) is 0 Å². The van der Waals surface area contributed by atoms with Crippen molar-refractivity contribution in [2.45, 2.75) is 10.1 Å². The Balaban J connectivity index is 2.33. The summed E-state index contributed by atoms with van der Waals surface area (Å²) < 4.78 is 0. The van der Waals surface area contributed by atoms with E-state index in [9.17, 15) is 0 Å². The van der Waals surface area contributed by atoms with E-state index in [1.54, 1.807) is 0 Å². The summed E-state index contributed by atoms with van der Waals surface area (Å²) in [5.74, 6) is 1.22. The monoisotopic (exact) mass is 302 g/mol. The largest absolute Gasteiger partial charge is 0.132 e. The Morgan fingerprint density at radius 3 is 2.90 bits per heavy atom. The predicted molar refractivity (Wildman–Crippen MR) is 59.5 cm³/mol. The van der Waals surface area contributed by atoms with E-state index >= 15 is 0 Å². The molecule has 1 aliphatic heterocycles. The molecular weight excluding hydrogens is 296 g/mol. The highest BCUT2D eigenvalue weighted by Gasteiger charge is 2.18. The van der Waals surface area contributed by atoms with E-state index in [1.807, 2.05) is 23.5 Å². The number of thioether (sulfide) groups is 2. The van der Waals surface area contributed by atoms with Crippen LogP contribution in [0.25, 0.3) is 0 Å². The Labute approximate surface area is 86.8 Å². The zero-order valence-corrected chi connectivity index (χ0v) is 10.1. The first-order chi connectivity index (χ1) is 4.84. The first-order valence-corrected chi connectivity index (χ1v) is 6.99. The van der Waals surface area contributed by atoms with E-state index in [-0.39, 0.29) is 0 Å². The van der Waals surface area contributed by atoms with E-state index in [4.69, 9.17) is 0 Å². The van der Waals surface area contributed by atoms with Crippen molar-refractivity contribution < 1.29 is 0 Å². The predicted octanol–water partition coefficient (Wildman–Crippen LogP) is 3.46. The van der Waals surface area contributed by atoms with E-state index < -0.39 is 0 Å². The third-order valence-electron chi connectivity index (χ3n) is 1.22. The minimum Gasteiger partial charge on any atom is -0.132 e. The Morgan fingerprint density at radius 1 is 1.60 bits per heavy atom. The lowest BCUT2D eigenvalue weighted by Gasteiger charge is -2.20. The number of hydrogen-bond donors (Lipinski definition) is 0. The lowest BCUT2D eigenvalue weighted by molar-refractivity contribution is 0.975. The van der Waals surface area contributed by atoms with Gasteiger partial charge in [0.1, 0.15) is 0 Å². The maximum atomic E-state index is 3.62. The van der Waals surface area contributed by atoms with Crippen LogP contribution < -0.4 is 0 Å². The lowest BCUT2D eigenvalue weighted by Crippen LogP contribution is -2.21. The van der Waals surface area contributed by atoms with Crippen LogP contribution in [-0.2, 0) is 0 Å². The Kier molecular flexibility index (Phi) is 4.86. The molecule has 0 aromatic carbocycles. The van der Waals surface area contributed by atoms with Crippen molar-refractivity contribution in [3.63, 3.8) is 0 Å². The van der Waals surface area contributed by atoms with Crippen LogP contribution in [0.5, 0.6) is 0 Å². The van der Waals surface area contributed by atoms with Crippen LogP contribution in [-0.4, -0.2) is 21.2 Å². The molecule has 0 nitrogen and oxygen atoms in total. The van der Waals surface area contributed by atoms with Gasteiger partial charge in [0.05, 0.1) is 0 Å². The molecule has 58 valence electrons. The van der Waals surface area contributed by atoms with Gasteiger partial charge in [-0.2, -0.15) is 0 Å². The first-order valence-electron chi connectivity index (χ1n) is 2.96. The van der Waals surface area contributed by atoms with E-state index in [0.29, 0.717) is 4.83 Å². The fraction of sp³-hybridized carbons (Fsp3) is 0.667. The SMILES string of the molecule is BrCC(Br)C1CSC=CS1. The van der Waals surface area contributed by atoms with Gasteiger partial charge in [-0.1, -0.05) is 31.9 Å². The fourth-order valence-corrected chi connectivity index (χ4v) is 4.28. The zero-order chi connectivity index (χ0) is 7.40. The van der Waals surface area contributed by atoms with E-state index in [0.717, 1.165) is 10.6 Å². The molecule has 1 rings (SSSR count). The summed E-state index contributed by atoms with van der Waals surface area (Å²) in [6.07, 6.45) is 0. The topological polar surface area (TPSA) is 0 Å². The molecule has 1 aliphatic rings. The molecule has 4 heteroatoms. The average molecular weight is 304 g/mol. The lowest BCUT2D eigenvalue weighted by atomic mass is 10.4. The zero-order valence-electron chi connectivity index (χ0n) is 5.30. The van der Waals surface area contributed by atoms with E-state index in [1.165, 1.54) is 5.75 Å². The van der Waals surface area contributed by atoms with Crippen LogP contribution in [0.4, 0.5) is 0 Å². The highest BCUT2D eigenvalue weighted by molar-refractivity contribution is 9.12. The van der Waals surface area contributed by atoms with Crippen molar-refractivity contribution in [3.05, 3.63) is 10.8 Å². The molecule has 0 amide bonds. The molecule has 0 aliphatic carbocycles. The molecule has 0 fully saturated rings. The molecule has 0 aromatic rings. The summed E-state index contributed by atoms with van der Waals surface area (Å²) >= 11 is 10.9. The fourth-order valence-electron chi connectivity index (χ4n) is 0.651. The number of halogens is 2. The molecule has 0 spiro atoms. The number of rotatable bonds is 2. The summed E-state index contributed by atoms with van der Waals surface area (Å²) in [6.45, 7) is 0. The first kappa shape index (κ1) is 9.49. The van der Waals surface area contributed by atoms with Gasteiger partial charge in [-0.05, 0) is 10.8 Å². The number of alkyl halides is 2. The van der Waals surface area contributed by atoms with Gasteiger partial charge in [-0.15, -0.1) is 23.5 Å². The molecule has 0 bridgehead atoms. The molecular formula is C6H8Br2S2. The summed E-state index contributed by atoms with van der Waals surface area (Å²) in [4.78, 5) is 0.606. The molecule has 0 aromatic heterocycles. The second-order valence-corrected chi connectivity index (χ2v) is 5.86. The van der Waals surface area contributed by atoms with Crippen LogP contribution >= 0.6 is 55.4 Å². The Bertz CT molecular complexity index is 127. The van der Waals surface area contributed by atoms with Crippen molar-refractivity contribution in [1.29, 1.82) is 0 Å². The Morgan fingerprint density at radius 2 is 2.40 bits per heavy atom. The van der Waals surface area contributed by atoms with Crippen molar-refractivity contribution >= 4 is 55.4 Å².